The molecular weight excluding hydrogens is 244 g/mol. The molecule has 2 aromatic carbocycles. The molecule has 0 fully saturated rings. The quantitative estimate of drug-likeness (QED) is 0.633. The molecule has 4 nitrogen and oxygen atoms in total. The van der Waals surface area contributed by atoms with E-state index in [1.165, 1.54) is 0 Å². The summed E-state index contributed by atoms with van der Waals surface area (Å²) in [6, 6.07) is 15.2. The maximum Gasteiger partial charge on any atom is 0.364 e. The highest BCUT2D eigenvalue weighted by Crippen LogP contribution is 2.45. The zero-order chi connectivity index (χ0) is 13.4. The van der Waals surface area contributed by atoms with Gasteiger partial charge >= 0.3 is 5.97 Å². The van der Waals surface area contributed by atoms with Crippen LogP contribution in [-0.4, -0.2) is 22.5 Å². The first kappa shape index (κ1) is 11.9. The fourth-order valence-corrected chi connectivity index (χ4v) is 2.41. The Morgan fingerprint density at radius 1 is 0.947 bits per heavy atom. The first-order valence-electron chi connectivity index (χ1n) is 5.93. The van der Waals surface area contributed by atoms with Gasteiger partial charge in [0.25, 0.3) is 6.29 Å². The summed E-state index contributed by atoms with van der Waals surface area (Å²) in [6.07, 6.45) is -2.69. The molecule has 0 saturated carbocycles. The summed E-state index contributed by atoms with van der Waals surface area (Å²) in [5.74, 6) is -1.04. The molecule has 0 atom stereocenters. The molecule has 0 saturated heterocycles. The van der Waals surface area contributed by atoms with E-state index in [1.54, 1.807) is 0 Å². The van der Waals surface area contributed by atoms with Crippen molar-refractivity contribution in [1.29, 1.82) is 0 Å². The first-order chi connectivity index (χ1) is 9.18. The molecule has 0 spiro atoms. The van der Waals surface area contributed by atoms with E-state index in [1.807, 2.05) is 48.5 Å². The van der Waals surface area contributed by atoms with Crippen molar-refractivity contribution in [2.45, 2.75) is 12.4 Å². The molecule has 96 valence electrons. The summed E-state index contributed by atoms with van der Waals surface area (Å²) in [5, 5.41) is 17.7. The summed E-state index contributed by atoms with van der Waals surface area (Å²) < 4.78 is 5.19. The number of fused-ring (bicyclic) bond motifs is 3. The molecule has 0 aliphatic heterocycles. The molecule has 0 bridgehead atoms. The second-order valence-electron chi connectivity index (χ2n) is 4.37. The van der Waals surface area contributed by atoms with Gasteiger partial charge in [-0.1, -0.05) is 48.5 Å². The average molecular weight is 256 g/mol. The fraction of sp³-hybridized carbons (Fsp3) is 0.133. The van der Waals surface area contributed by atoms with Crippen molar-refractivity contribution in [3.63, 3.8) is 0 Å². The van der Waals surface area contributed by atoms with Gasteiger partial charge < -0.3 is 14.9 Å². The number of esters is 1. The third-order valence-electron chi connectivity index (χ3n) is 3.22. The van der Waals surface area contributed by atoms with E-state index in [-0.39, 0.29) is 0 Å². The van der Waals surface area contributed by atoms with Crippen molar-refractivity contribution in [2.75, 3.05) is 0 Å². The van der Waals surface area contributed by atoms with E-state index < -0.39 is 18.4 Å². The van der Waals surface area contributed by atoms with Crippen molar-refractivity contribution >= 4 is 5.97 Å². The van der Waals surface area contributed by atoms with Gasteiger partial charge in [0.2, 0.25) is 0 Å². The Labute approximate surface area is 109 Å². The zero-order valence-electron chi connectivity index (χ0n) is 9.98. The zero-order valence-corrected chi connectivity index (χ0v) is 9.98. The van der Waals surface area contributed by atoms with Gasteiger partial charge in [-0.15, -0.1) is 0 Å². The van der Waals surface area contributed by atoms with Crippen molar-refractivity contribution in [2.24, 2.45) is 0 Å². The smallest absolute Gasteiger partial charge is 0.364 e. The van der Waals surface area contributed by atoms with Gasteiger partial charge in [0, 0.05) is 11.1 Å². The van der Waals surface area contributed by atoms with Gasteiger partial charge in [-0.3, -0.25) is 0 Å². The van der Waals surface area contributed by atoms with E-state index in [2.05, 4.69) is 0 Å². The molecule has 2 N–H and O–H groups in total. The standard InChI is InChI=1S/C15H12O4/c16-14(17)15(18)19-13-11-7-3-1-5-9(11)10-6-2-4-8-12(10)13/h1-8,13-14,16-17H. The first-order valence-corrected chi connectivity index (χ1v) is 5.93. The lowest BCUT2D eigenvalue weighted by Crippen LogP contribution is -2.24. The summed E-state index contributed by atoms with van der Waals surface area (Å²) >= 11 is 0. The Kier molecular flexibility index (Phi) is 2.81. The van der Waals surface area contributed by atoms with Gasteiger partial charge in [-0.2, -0.15) is 0 Å². The van der Waals surface area contributed by atoms with Crippen molar-refractivity contribution in [3.8, 4) is 11.1 Å². The van der Waals surface area contributed by atoms with Gasteiger partial charge in [-0.25, -0.2) is 4.79 Å². The number of aliphatic hydroxyl groups excluding tert-OH is 1. The number of aliphatic hydroxyl groups is 2. The Hall–Kier alpha value is -2.17. The van der Waals surface area contributed by atoms with E-state index in [0.717, 1.165) is 22.3 Å². The predicted octanol–water partition coefficient (Wildman–Crippen LogP) is 1.61. The summed E-state index contributed by atoms with van der Waals surface area (Å²) in [7, 11) is 0. The monoisotopic (exact) mass is 256 g/mol. The SMILES string of the molecule is O=C(OC1c2ccccc2-c2ccccc21)C(O)O. The van der Waals surface area contributed by atoms with Gasteiger partial charge in [-0.05, 0) is 11.1 Å². The van der Waals surface area contributed by atoms with Gasteiger partial charge in [0.1, 0.15) is 0 Å². The maximum atomic E-state index is 11.4. The predicted molar refractivity (Wildman–Crippen MR) is 68.0 cm³/mol. The summed E-state index contributed by atoms with van der Waals surface area (Å²) in [6.45, 7) is 0. The van der Waals surface area contributed by atoms with E-state index in [4.69, 9.17) is 14.9 Å². The van der Waals surface area contributed by atoms with Crippen LogP contribution in [0.1, 0.15) is 17.2 Å². The number of benzene rings is 2. The number of hydrogen-bond donors (Lipinski definition) is 2. The number of carbonyl (C=O) groups is 1. The van der Waals surface area contributed by atoms with Crippen LogP contribution >= 0.6 is 0 Å². The average Bonchev–Trinajstić information content (AvgIpc) is 2.74. The molecule has 0 amide bonds. The van der Waals surface area contributed by atoms with Crippen LogP contribution < -0.4 is 0 Å². The molecule has 0 unspecified atom stereocenters. The Morgan fingerprint density at radius 3 is 1.89 bits per heavy atom. The van der Waals surface area contributed by atoms with Crippen LogP contribution in [0, 0.1) is 0 Å². The third-order valence-corrected chi connectivity index (χ3v) is 3.22. The second-order valence-corrected chi connectivity index (χ2v) is 4.37. The molecule has 0 radical (unpaired) electrons. The number of hydrogen-bond acceptors (Lipinski definition) is 4. The molecule has 0 aromatic heterocycles. The van der Waals surface area contributed by atoms with Gasteiger partial charge in [0.05, 0.1) is 0 Å². The van der Waals surface area contributed by atoms with Crippen LogP contribution in [-0.2, 0) is 9.53 Å². The van der Waals surface area contributed by atoms with Crippen molar-refractivity contribution in [3.05, 3.63) is 59.7 Å². The minimum atomic E-state index is -2.11. The van der Waals surface area contributed by atoms with Crippen LogP contribution in [0.4, 0.5) is 0 Å². The van der Waals surface area contributed by atoms with Crippen molar-refractivity contribution in [1.82, 2.24) is 0 Å². The molecule has 0 heterocycles. The van der Waals surface area contributed by atoms with Crippen LogP contribution in [0.15, 0.2) is 48.5 Å². The lowest BCUT2D eigenvalue weighted by atomic mass is 10.1. The van der Waals surface area contributed by atoms with E-state index in [9.17, 15) is 4.79 Å². The molecule has 4 heteroatoms. The largest absolute Gasteiger partial charge is 0.449 e. The fourth-order valence-electron chi connectivity index (χ4n) is 2.41. The Balaban J connectivity index is 2.07. The van der Waals surface area contributed by atoms with Crippen molar-refractivity contribution < 1.29 is 19.7 Å². The third kappa shape index (κ3) is 1.91. The van der Waals surface area contributed by atoms with E-state index in [0.29, 0.717) is 0 Å². The lowest BCUT2D eigenvalue weighted by Gasteiger charge is -2.15. The highest BCUT2D eigenvalue weighted by molar-refractivity contribution is 5.80. The van der Waals surface area contributed by atoms with Crippen LogP contribution in [0.25, 0.3) is 11.1 Å². The Bertz CT molecular complexity index is 588. The second kappa shape index (κ2) is 4.50. The molecule has 19 heavy (non-hydrogen) atoms. The number of ether oxygens (including phenoxy) is 1. The normalized spacial score (nSPS) is 13.2. The minimum Gasteiger partial charge on any atom is -0.449 e. The van der Waals surface area contributed by atoms with Crippen LogP contribution in [0.2, 0.25) is 0 Å². The number of carbonyl (C=O) groups excluding carboxylic acids is 1. The number of rotatable bonds is 2. The van der Waals surface area contributed by atoms with E-state index >= 15 is 0 Å². The summed E-state index contributed by atoms with van der Waals surface area (Å²) in [5.41, 5.74) is 3.72. The topological polar surface area (TPSA) is 66.8 Å². The maximum absolute atomic E-state index is 11.4. The van der Waals surface area contributed by atoms with Crippen LogP contribution in [0.3, 0.4) is 0 Å². The molecule has 1 aliphatic rings. The highest BCUT2D eigenvalue weighted by atomic mass is 16.6. The molecule has 2 aromatic rings. The minimum absolute atomic E-state index is 0.582. The molecule has 1 aliphatic carbocycles. The van der Waals surface area contributed by atoms with Crippen LogP contribution in [0.5, 0.6) is 0 Å². The molecular formula is C15H12O4. The lowest BCUT2D eigenvalue weighted by molar-refractivity contribution is -0.176. The highest BCUT2D eigenvalue weighted by Gasteiger charge is 2.32. The summed E-state index contributed by atoms with van der Waals surface area (Å²) in [4.78, 5) is 11.4. The van der Waals surface area contributed by atoms with Gasteiger partial charge in [0.15, 0.2) is 6.10 Å². The molecule has 3 rings (SSSR count). The Morgan fingerprint density at radius 2 is 1.42 bits per heavy atom.